The zero-order chi connectivity index (χ0) is 17.5. The van der Waals surface area contributed by atoms with Crippen LogP contribution >= 0.6 is 23.1 Å². The monoisotopic (exact) mass is 377 g/mol. The van der Waals surface area contributed by atoms with E-state index in [1.807, 2.05) is 6.07 Å². The Kier molecular flexibility index (Phi) is 6.66. The van der Waals surface area contributed by atoms with Gasteiger partial charge in [0.25, 0.3) is 0 Å². The summed E-state index contributed by atoms with van der Waals surface area (Å²) in [6.07, 6.45) is 2.36. The summed E-state index contributed by atoms with van der Waals surface area (Å²) in [4.78, 5) is 14.5. The number of nitrogens with zero attached hydrogens (tertiary/aromatic N) is 3. The van der Waals surface area contributed by atoms with Crippen molar-refractivity contribution in [3.05, 3.63) is 35.9 Å². The Balaban J connectivity index is 1.38. The number of rotatable bonds is 7. The van der Waals surface area contributed by atoms with Crippen LogP contribution in [0.15, 0.2) is 34.7 Å². The maximum absolute atomic E-state index is 12.0. The van der Waals surface area contributed by atoms with E-state index >= 15 is 0 Å². The minimum Gasteiger partial charge on any atom is -0.374 e. The summed E-state index contributed by atoms with van der Waals surface area (Å²) < 4.78 is 0.736. The minimum atomic E-state index is 0.0407. The first kappa shape index (κ1) is 18.2. The van der Waals surface area contributed by atoms with Gasteiger partial charge >= 0.3 is 0 Å². The van der Waals surface area contributed by atoms with Crippen molar-refractivity contribution in [3.63, 3.8) is 0 Å². The second-order valence-corrected chi connectivity index (χ2v) is 8.46. The summed E-state index contributed by atoms with van der Waals surface area (Å²) in [5.74, 6) is 0.914. The predicted octanol–water partition coefficient (Wildman–Crippen LogP) is 2.24. The molecule has 0 radical (unpaired) electrons. The summed E-state index contributed by atoms with van der Waals surface area (Å²) in [6.45, 7) is 3.89. The van der Waals surface area contributed by atoms with Crippen LogP contribution in [-0.2, 0) is 11.3 Å². The molecule has 0 aliphatic carbocycles. The molecule has 1 unspecified atom stereocenters. The molecule has 1 saturated heterocycles. The number of hydrogen-bond acceptors (Lipinski definition) is 7. The minimum absolute atomic E-state index is 0.0407. The van der Waals surface area contributed by atoms with Crippen LogP contribution in [0.2, 0.25) is 0 Å². The second-order valence-electron chi connectivity index (χ2n) is 6.23. The zero-order valence-corrected chi connectivity index (χ0v) is 15.7. The molecular formula is C17H23N5OS2. The molecule has 134 valence electrons. The lowest BCUT2D eigenvalue weighted by atomic mass is 9.97. The van der Waals surface area contributed by atoms with E-state index in [1.165, 1.54) is 41.5 Å². The Hall–Kier alpha value is -1.64. The molecule has 6 nitrogen and oxygen atoms in total. The van der Waals surface area contributed by atoms with Gasteiger partial charge in [0.2, 0.25) is 11.0 Å². The number of hydrogen-bond donors (Lipinski definition) is 2. The Bertz CT molecular complexity index is 679. The van der Waals surface area contributed by atoms with E-state index in [-0.39, 0.29) is 5.91 Å². The van der Waals surface area contributed by atoms with Gasteiger partial charge in [-0.05, 0) is 30.9 Å². The Labute approximate surface area is 156 Å². The van der Waals surface area contributed by atoms with Crippen LogP contribution in [0, 0.1) is 5.92 Å². The van der Waals surface area contributed by atoms with Gasteiger partial charge in [0.15, 0.2) is 4.34 Å². The largest absolute Gasteiger partial charge is 0.374 e. The van der Waals surface area contributed by atoms with Crippen LogP contribution in [-0.4, -0.2) is 46.4 Å². The lowest BCUT2D eigenvalue weighted by molar-refractivity contribution is -0.118. The smallest absolute Gasteiger partial charge is 0.230 e. The number of nitrogen functional groups attached to an aromatic ring is 1. The van der Waals surface area contributed by atoms with Gasteiger partial charge in [-0.2, -0.15) is 0 Å². The molecule has 8 heteroatoms. The van der Waals surface area contributed by atoms with Crippen molar-refractivity contribution in [1.82, 2.24) is 20.4 Å². The predicted molar refractivity (Wildman–Crippen MR) is 102 cm³/mol. The van der Waals surface area contributed by atoms with Crippen LogP contribution in [0.5, 0.6) is 0 Å². The number of nitrogens with one attached hydrogen (secondary N) is 1. The van der Waals surface area contributed by atoms with Crippen molar-refractivity contribution in [2.45, 2.75) is 23.7 Å². The molecule has 1 aromatic carbocycles. The first-order valence-electron chi connectivity index (χ1n) is 8.44. The van der Waals surface area contributed by atoms with E-state index in [2.05, 4.69) is 44.7 Å². The highest BCUT2D eigenvalue weighted by Crippen LogP contribution is 2.23. The van der Waals surface area contributed by atoms with Gasteiger partial charge in [-0.1, -0.05) is 53.4 Å². The molecule has 2 heterocycles. The number of aromatic nitrogens is 2. The van der Waals surface area contributed by atoms with Gasteiger partial charge < -0.3 is 11.1 Å². The van der Waals surface area contributed by atoms with E-state index in [4.69, 9.17) is 5.73 Å². The number of benzene rings is 1. The lowest BCUT2D eigenvalue weighted by Crippen LogP contribution is -2.40. The number of piperidine rings is 1. The molecule has 25 heavy (non-hydrogen) atoms. The van der Waals surface area contributed by atoms with E-state index in [9.17, 15) is 4.79 Å². The Morgan fingerprint density at radius 2 is 2.20 bits per heavy atom. The Morgan fingerprint density at radius 3 is 2.96 bits per heavy atom. The molecule has 0 spiro atoms. The highest BCUT2D eigenvalue weighted by molar-refractivity contribution is 8.01. The van der Waals surface area contributed by atoms with Crippen molar-refractivity contribution in [3.8, 4) is 0 Å². The first-order chi connectivity index (χ1) is 12.2. The maximum atomic E-state index is 12.0. The fraction of sp³-hybridized carbons (Fsp3) is 0.471. The van der Waals surface area contributed by atoms with Crippen LogP contribution < -0.4 is 11.1 Å². The fourth-order valence-electron chi connectivity index (χ4n) is 3.02. The van der Waals surface area contributed by atoms with Crippen LogP contribution in [0.3, 0.4) is 0 Å². The number of carbonyl (C=O) groups is 1. The van der Waals surface area contributed by atoms with Crippen LogP contribution in [0.25, 0.3) is 0 Å². The third kappa shape index (κ3) is 5.98. The van der Waals surface area contributed by atoms with E-state index in [0.717, 1.165) is 30.5 Å². The fourth-order valence-corrected chi connectivity index (χ4v) is 4.48. The molecule has 1 aliphatic rings. The number of thioether (sulfide) groups is 1. The number of likely N-dealkylation sites (tertiary alicyclic amines) is 1. The molecule has 3 rings (SSSR count). The second kappa shape index (κ2) is 9.17. The third-order valence-corrected chi connectivity index (χ3v) is 6.07. The van der Waals surface area contributed by atoms with Crippen molar-refractivity contribution in [2.75, 3.05) is 31.1 Å². The number of amides is 1. The molecule has 0 saturated carbocycles. The summed E-state index contributed by atoms with van der Waals surface area (Å²) in [5, 5.41) is 11.1. The molecule has 2 aromatic rings. The van der Waals surface area contributed by atoms with Gasteiger partial charge in [0.05, 0.1) is 5.75 Å². The van der Waals surface area contributed by atoms with Gasteiger partial charge in [-0.25, -0.2) is 0 Å². The van der Waals surface area contributed by atoms with Gasteiger partial charge in [-0.15, -0.1) is 10.2 Å². The lowest BCUT2D eigenvalue weighted by Gasteiger charge is -2.32. The van der Waals surface area contributed by atoms with Crippen LogP contribution in [0.1, 0.15) is 18.4 Å². The number of nitrogens with two attached hydrogens (primary N) is 1. The SMILES string of the molecule is Nc1nnc(SCC(=O)NCC2CCCN(Cc3ccccc3)C2)s1. The molecule has 1 aliphatic heterocycles. The first-order valence-corrected chi connectivity index (χ1v) is 10.2. The standard InChI is InChI=1S/C17H23N5OS2/c18-16-20-21-17(25-16)24-12-15(23)19-9-14-7-4-8-22(11-14)10-13-5-2-1-3-6-13/h1-3,5-6,14H,4,7-12H2,(H2,18,20)(H,19,23). The van der Waals surface area contributed by atoms with E-state index in [0.29, 0.717) is 16.8 Å². The van der Waals surface area contributed by atoms with Crippen molar-refractivity contribution in [2.24, 2.45) is 5.92 Å². The summed E-state index contributed by atoms with van der Waals surface area (Å²) in [5.41, 5.74) is 6.88. The summed E-state index contributed by atoms with van der Waals surface area (Å²) in [6, 6.07) is 10.6. The van der Waals surface area contributed by atoms with Crippen LogP contribution in [0.4, 0.5) is 5.13 Å². The summed E-state index contributed by atoms with van der Waals surface area (Å²) in [7, 11) is 0. The molecule has 0 bridgehead atoms. The van der Waals surface area contributed by atoms with E-state index < -0.39 is 0 Å². The molecule has 1 aromatic heterocycles. The summed E-state index contributed by atoms with van der Waals surface area (Å²) >= 11 is 2.69. The van der Waals surface area contributed by atoms with E-state index in [1.54, 1.807) is 0 Å². The normalized spacial score (nSPS) is 18.2. The third-order valence-electron chi connectivity index (χ3n) is 4.19. The van der Waals surface area contributed by atoms with Gasteiger partial charge in [-0.3, -0.25) is 9.69 Å². The number of anilines is 1. The maximum Gasteiger partial charge on any atom is 0.230 e. The topological polar surface area (TPSA) is 84.1 Å². The van der Waals surface area contributed by atoms with Gasteiger partial charge in [0, 0.05) is 19.6 Å². The molecular weight excluding hydrogens is 354 g/mol. The average molecular weight is 378 g/mol. The highest BCUT2D eigenvalue weighted by atomic mass is 32.2. The molecule has 1 amide bonds. The zero-order valence-electron chi connectivity index (χ0n) is 14.1. The molecule has 1 atom stereocenters. The van der Waals surface area contributed by atoms with Crippen molar-refractivity contribution >= 4 is 34.1 Å². The Morgan fingerprint density at radius 1 is 1.36 bits per heavy atom. The average Bonchev–Trinajstić information content (AvgIpc) is 3.05. The highest BCUT2D eigenvalue weighted by Gasteiger charge is 2.20. The molecule has 3 N–H and O–H groups in total. The van der Waals surface area contributed by atoms with Gasteiger partial charge in [0.1, 0.15) is 0 Å². The van der Waals surface area contributed by atoms with Crippen molar-refractivity contribution in [1.29, 1.82) is 0 Å². The van der Waals surface area contributed by atoms with Crippen molar-refractivity contribution < 1.29 is 4.79 Å². The molecule has 1 fully saturated rings. The quantitative estimate of drug-likeness (QED) is 0.720. The number of carbonyl (C=O) groups excluding carboxylic acids is 1.